The summed E-state index contributed by atoms with van der Waals surface area (Å²) in [5.41, 5.74) is 3.55. The summed E-state index contributed by atoms with van der Waals surface area (Å²) < 4.78 is 0. The van der Waals surface area contributed by atoms with Crippen molar-refractivity contribution >= 4 is 28.8 Å². The van der Waals surface area contributed by atoms with Gasteiger partial charge in [-0.2, -0.15) is 11.3 Å². The van der Waals surface area contributed by atoms with Crippen LogP contribution in [0.15, 0.2) is 29.1 Å². The third-order valence-electron chi connectivity index (χ3n) is 2.62. The number of aryl methyl sites for hydroxylation is 1. The zero-order valence-corrected chi connectivity index (χ0v) is 11.6. The van der Waals surface area contributed by atoms with Crippen molar-refractivity contribution in [2.24, 2.45) is 0 Å². The highest BCUT2D eigenvalue weighted by molar-refractivity contribution is 7.07. The zero-order valence-electron chi connectivity index (χ0n) is 9.98. The van der Waals surface area contributed by atoms with Crippen LogP contribution in [0.2, 0.25) is 0 Å². The van der Waals surface area contributed by atoms with Crippen molar-refractivity contribution in [2.75, 3.05) is 11.9 Å². The second kappa shape index (κ2) is 5.52. The summed E-state index contributed by atoms with van der Waals surface area (Å²) in [7, 11) is 2.06. The Labute approximate surface area is 111 Å². The number of rotatable bonds is 4. The maximum Gasteiger partial charge on any atom is 0.131 e. The summed E-state index contributed by atoms with van der Waals surface area (Å²) in [6.07, 6.45) is 1.85. The molecular weight excluding hydrogens is 252 g/mol. The van der Waals surface area contributed by atoms with Crippen LogP contribution in [-0.2, 0) is 12.4 Å². The molecule has 0 fully saturated rings. The van der Waals surface area contributed by atoms with E-state index >= 15 is 0 Å². The van der Waals surface area contributed by atoms with E-state index in [0.29, 0.717) is 5.88 Å². The van der Waals surface area contributed by atoms with Gasteiger partial charge in [-0.05, 0) is 46.5 Å². The zero-order chi connectivity index (χ0) is 12.3. The molecule has 17 heavy (non-hydrogen) atoms. The normalized spacial score (nSPS) is 10.5. The molecule has 0 radical (unpaired) electrons. The average Bonchev–Trinajstić information content (AvgIpc) is 2.81. The quantitative estimate of drug-likeness (QED) is 0.782. The predicted octanol–water partition coefficient (Wildman–Crippen LogP) is 3.83. The second-order valence-corrected chi connectivity index (χ2v) is 5.15. The van der Waals surface area contributed by atoms with E-state index in [1.54, 1.807) is 11.3 Å². The Balaban J connectivity index is 2.16. The van der Waals surface area contributed by atoms with Gasteiger partial charge in [0.15, 0.2) is 0 Å². The summed E-state index contributed by atoms with van der Waals surface area (Å²) in [5.74, 6) is 1.53. The number of anilines is 1. The van der Waals surface area contributed by atoms with E-state index in [2.05, 4.69) is 46.7 Å². The van der Waals surface area contributed by atoms with Gasteiger partial charge in [-0.3, -0.25) is 0 Å². The molecule has 4 heteroatoms. The van der Waals surface area contributed by atoms with Crippen molar-refractivity contribution in [3.8, 4) is 0 Å². The first-order valence-electron chi connectivity index (χ1n) is 5.44. The SMILES string of the molecule is Cc1cc(CCl)cnc1N(C)Cc1ccsc1. The predicted molar refractivity (Wildman–Crippen MR) is 75.0 cm³/mol. The molecule has 0 aliphatic heterocycles. The first-order valence-corrected chi connectivity index (χ1v) is 6.92. The van der Waals surface area contributed by atoms with Gasteiger partial charge in [0.05, 0.1) is 0 Å². The lowest BCUT2D eigenvalue weighted by molar-refractivity contribution is 0.892. The largest absolute Gasteiger partial charge is 0.355 e. The Morgan fingerprint density at radius 1 is 1.41 bits per heavy atom. The van der Waals surface area contributed by atoms with E-state index in [0.717, 1.165) is 17.9 Å². The van der Waals surface area contributed by atoms with Crippen molar-refractivity contribution < 1.29 is 0 Å². The fourth-order valence-electron chi connectivity index (χ4n) is 1.83. The van der Waals surface area contributed by atoms with E-state index < -0.39 is 0 Å². The number of aromatic nitrogens is 1. The van der Waals surface area contributed by atoms with Crippen LogP contribution in [0.4, 0.5) is 5.82 Å². The lowest BCUT2D eigenvalue weighted by Gasteiger charge is -2.19. The fraction of sp³-hybridized carbons (Fsp3) is 0.308. The highest BCUT2D eigenvalue weighted by Gasteiger charge is 2.07. The Kier molecular flexibility index (Phi) is 4.02. The van der Waals surface area contributed by atoms with E-state index in [1.165, 1.54) is 11.1 Å². The maximum absolute atomic E-state index is 5.79. The summed E-state index contributed by atoms with van der Waals surface area (Å²) in [5, 5.41) is 4.26. The number of pyridine rings is 1. The topological polar surface area (TPSA) is 16.1 Å². The van der Waals surface area contributed by atoms with Crippen LogP contribution in [-0.4, -0.2) is 12.0 Å². The van der Waals surface area contributed by atoms with Crippen molar-refractivity contribution in [1.82, 2.24) is 4.98 Å². The summed E-state index contributed by atoms with van der Waals surface area (Å²) in [6.45, 7) is 2.96. The van der Waals surface area contributed by atoms with E-state index in [1.807, 2.05) is 6.20 Å². The molecule has 2 aromatic heterocycles. The summed E-state index contributed by atoms with van der Waals surface area (Å²) >= 11 is 7.52. The van der Waals surface area contributed by atoms with Crippen molar-refractivity contribution in [1.29, 1.82) is 0 Å². The number of hydrogen-bond donors (Lipinski definition) is 0. The molecule has 90 valence electrons. The summed E-state index contributed by atoms with van der Waals surface area (Å²) in [6, 6.07) is 4.24. The summed E-state index contributed by atoms with van der Waals surface area (Å²) in [4.78, 5) is 6.64. The van der Waals surface area contributed by atoms with Crippen molar-refractivity contribution in [3.63, 3.8) is 0 Å². The molecule has 2 nitrogen and oxygen atoms in total. The van der Waals surface area contributed by atoms with Gasteiger partial charge in [0.25, 0.3) is 0 Å². The molecule has 0 saturated heterocycles. The molecule has 2 aromatic rings. The molecule has 2 rings (SSSR count). The first-order chi connectivity index (χ1) is 8.20. The fourth-order valence-corrected chi connectivity index (χ4v) is 2.64. The first kappa shape index (κ1) is 12.4. The van der Waals surface area contributed by atoms with Crippen LogP contribution in [0.3, 0.4) is 0 Å². The number of nitrogens with zero attached hydrogens (tertiary/aromatic N) is 2. The van der Waals surface area contributed by atoms with Crippen LogP contribution in [0.25, 0.3) is 0 Å². The van der Waals surface area contributed by atoms with Gasteiger partial charge in [0.2, 0.25) is 0 Å². The highest BCUT2D eigenvalue weighted by atomic mass is 35.5. The molecule has 0 bridgehead atoms. The number of alkyl halides is 1. The second-order valence-electron chi connectivity index (χ2n) is 4.11. The van der Waals surface area contributed by atoms with E-state index in [4.69, 9.17) is 11.6 Å². The van der Waals surface area contributed by atoms with Crippen LogP contribution in [0.5, 0.6) is 0 Å². The lowest BCUT2D eigenvalue weighted by Crippen LogP contribution is -2.18. The van der Waals surface area contributed by atoms with Gasteiger partial charge < -0.3 is 4.90 Å². The smallest absolute Gasteiger partial charge is 0.131 e. The molecule has 0 aliphatic carbocycles. The number of thiophene rings is 1. The molecule has 2 heterocycles. The molecule has 0 unspecified atom stereocenters. The van der Waals surface area contributed by atoms with Gasteiger partial charge >= 0.3 is 0 Å². The number of hydrogen-bond acceptors (Lipinski definition) is 3. The van der Waals surface area contributed by atoms with Crippen LogP contribution >= 0.6 is 22.9 Å². The van der Waals surface area contributed by atoms with Gasteiger partial charge in [-0.15, -0.1) is 11.6 Å². The van der Waals surface area contributed by atoms with Gasteiger partial charge in [-0.1, -0.05) is 0 Å². The monoisotopic (exact) mass is 266 g/mol. The third kappa shape index (κ3) is 2.99. The molecule has 0 N–H and O–H groups in total. The molecule has 0 aliphatic rings. The van der Waals surface area contributed by atoms with Crippen LogP contribution in [0.1, 0.15) is 16.7 Å². The van der Waals surface area contributed by atoms with Crippen LogP contribution in [0, 0.1) is 6.92 Å². The molecule has 0 amide bonds. The van der Waals surface area contributed by atoms with Gasteiger partial charge in [0.1, 0.15) is 5.82 Å². The minimum Gasteiger partial charge on any atom is -0.355 e. The van der Waals surface area contributed by atoms with E-state index in [9.17, 15) is 0 Å². The Hall–Kier alpha value is -1.06. The standard InChI is InChI=1S/C13H15ClN2S/c1-10-5-12(6-14)7-15-13(10)16(2)8-11-3-4-17-9-11/h3-5,7,9H,6,8H2,1-2H3. The lowest BCUT2D eigenvalue weighted by atomic mass is 10.2. The molecular formula is C13H15ClN2S. The Bertz CT molecular complexity index is 482. The molecule has 0 spiro atoms. The minimum atomic E-state index is 0.516. The number of halogens is 1. The van der Waals surface area contributed by atoms with E-state index in [-0.39, 0.29) is 0 Å². The molecule has 0 atom stereocenters. The maximum atomic E-state index is 5.79. The molecule has 0 saturated carbocycles. The Morgan fingerprint density at radius 3 is 2.82 bits per heavy atom. The Morgan fingerprint density at radius 2 is 2.24 bits per heavy atom. The van der Waals surface area contributed by atoms with Crippen molar-refractivity contribution in [2.45, 2.75) is 19.3 Å². The average molecular weight is 267 g/mol. The van der Waals surface area contributed by atoms with Crippen molar-refractivity contribution in [3.05, 3.63) is 45.8 Å². The third-order valence-corrected chi connectivity index (χ3v) is 3.66. The highest BCUT2D eigenvalue weighted by Crippen LogP contribution is 2.20. The minimum absolute atomic E-state index is 0.516. The van der Waals surface area contributed by atoms with Crippen LogP contribution < -0.4 is 4.90 Å². The van der Waals surface area contributed by atoms with Gasteiger partial charge in [0, 0.05) is 25.7 Å². The van der Waals surface area contributed by atoms with Gasteiger partial charge in [-0.25, -0.2) is 4.98 Å². The molecule has 0 aromatic carbocycles.